The number of pyridine rings is 1. The lowest BCUT2D eigenvalue weighted by atomic mass is 10.0. The standard InChI is InChI=1S/C20H25N3O5/c1-13(2)23(3)16-10-9-15(11-21-16)18(24)17(19(25)26)22-20(27)28-12-14-7-5-4-6-8-14/h4-11,13,17-18,24H,12H2,1-3H3,(H,22,27)(H,25,26)/t17-,18+/m0/s1. The summed E-state index contributed by atoms with van der Waals surface area (Å²) in [5, 5.41) is 22.0. The molecule has 0 saturated heterocycles. The zero-order valence-corrected chi connectivity index (χ0v) is 16.1. The zero-order chi connectivity index (χ0) is 20.7. The molecule has 8 nitrogen and oxygen atoms in total. The number of carboxylic acid groups (broad SMARTS) is 1. The van der Waals surface area contributed by atoms with Gasteiger partial charge in [-0.25, -0.2) is 14.6 Å². The lowest BCUT2D eigenvalue weighted by Gasteiger charge is -2.24. The van der Waals surface area contributed by atoms with Crippen molar-refractivity contribution in [3.05, 3.63) is 59.8 Å². The molecule has 0 aliphatic heterocycles. The number of carbonyl (C=O) groups is 2. The molecular formula is C20H25N3O5. The number of ether oxygens (including phenoxy) is 1. The van der Waals surface area contributed by atoms with E-state index in [0.29, 0.717) is 5.82 Å². The molecule has 1 aromatic carbocycles. The molecule has 3 N–H and O–H groups in total. The van der Waals surface area contributed by atoms with Gasteiger partial charge in [0.15, 0.2) is 6.04 Å². The second-order valence-electron chi connectivity index (χ2n) is 6.62. The van der Waals surface area contributed by atoms with Gasteiger partial charge in [0, 0.05) is 24.8 Å². The first-order valence-electron chi connectivity index (χ1n) is 8.86. The number of alkyl carbamates (subject to hydrolysis) is 1. The molecule has 150 valence electrons. The quantitative estimate of drug-likeness (QED) is 0.637. The number of nitrogens with one attached hydrogen (secondary N) is 1. The molecule has 28 heavy (non-hydrogen) atoms. The summed E-state index contributed by atoms with van der Waals surface area (Å²) in [4.78, 5) is 29.7. The highest BCUT2D eigenvalue weighted by Gasteiger charge is 2.30. The highest BCUT2D eigenvalue weighted by atomic mass is 16.5. The van der Waals surface area contributed by atoms with Crippen molar-refractivity contribution < 1.29 is 24.5 Å². The van der Waals surface area contributed by atoms with Crippen molar-refractivity contribution in [3.63, 3.8) is 0 Å². The molecule has 0 saturated carbocycles. The molecule has 1 heterocycles. The largest absolute Gasteiger partial charge is 0.480 e. The predicted octanol–water partition coefficient (Wildman–Crippen LogP) is 2.34. The number of aliphatic hydroxyl groups is 1. The number of hydrogen-bond donors (Lipinski definition) is 3. The lowest BCUT2D eigenvalue weighted by molar-refractivity contribution is -0.142. The smallest absolute Gasteiger partial charge is 0.408 e. The van der Waals surface area contributed by atoms with Crippen LogP contribution in [0.3, 0.4) is 0 Å². The van der Waals surface area contributed by atoms with Crippen molar-refractivity contribution in [1.29, 1.82) is 0 Å². The second kappa shape index (κ2) is 9.70. The van der Waals surface area contributed by atoms with Crippen LogP contribution in [-0.2, 0) is 16.1 Å². The van der Waals surface area contributed by atoms with Crippen LogP contribution in [0, 0.1) is 0 Å². The summed E-state index contributed by atoms with van der Waals surface area (Å²) in [6, 6.07) is 10.9. The van der Waals surface area contributed by atoms with Crippen LogP contribution in [0.25, 0.3) is 0 Å². The van der Waals surface area contributed by atoms with Gasteiger partial charge >= 0.3 is 12.1 Å². The number of hydrogen-bond acceptors (Lipinski definition) is 6. The summed E-state index contributed by atoms with van der Waals surface area (Å²) in [7, 11) is 1.88. The van der Waals surface area contributed by atoms with Crippen molar-refractivity contribution in [2.45, 2.75) is 38.6 Å². The van der Waals surface area contributed by atoms with E-state index in [-0.39, 0.29) is 18.2 Å². The molecule has 2 aromatic rings. The molecule has 2 atom stereocenters. The summed E-state index contributed by atoms with van der Waals surface area (Å²) in [5.74, 6) is -0.694. The second-order valence-corrected chi connectivity index (χ2v) is 6.62. The maximum atomic E-state index is 12.0. The van der Waals surface area contributed by atoms with E-state index in [1.807, 2.05) is 31.9 Å². The summed E-state index contributed by atoms with van der Waals surface area (Å²) in [5.41, 5.74) is 1.04. The summed E-state index contributed by atoms with van der Waals surface area (Å²) in [6.07, 6.45) is -1.02. The number of aliphatic carboxylic acids is 1. The number of anilines is 1. The van der Waals surface area contributed by atoms with Crippen LogP contribution < -0.4 is 10.2 Å². The van der Waals surface area contributed by atoms with E-state index < -0.39 is 24.2 Å². The Balaban J connectivity index is 2.02. The molecule has 0 aliphatic carbocycles. The number of carbonyl (C=O) groups excluding carboxylic acids is 1. The Hall–Kier alpha value is -3.13. The lowest BCUT2D eigenvalue weighted by Crippen LogP contribution is -2.45. The van der Waals surface area contributed by atoms with Gasteiger partial charge in [-0.1, -0.05) is 36.4 Å². The van der Waals surface area contributed by atoms with Gasteiger partial charge in [-0.05, 0) is 25.5 Å². The summed E-state index contributed by atoms with van der Waals surface area (Å²) in [6.45, 7) is 4.01. The Morgan fingerprint density at radius 3 is 2.39 bits per heavy atom. The van der Waals surface area contributed by atoms with Crippen molar-refractivity contribution in [2.75, 3.05) is 11.9 Å². The van der Waals surface area contributed by atoms with Crippen molar-refractivity contribution in [1.82, 2.24) is 10.3 Å². The van der Waals surface area contributed by atoms with Crippen molar-refractivity contribution >= 4 is 17.9 Å². The van der Waals surface area contributed by atoms with Gasteiger partial charge in [0.1, 0.15) is 18.5 Å². The van der Waals surface area contributed by atoms with E-state index in [1.165, 1.54) is 6.20 Å². The van der Waals surface area contributed by atoms with Gasteiger partial charge < -0.3 is 25.2 Å². The third-order valence-electron chi connectivity index (χ3n) is 4.32. The fraction of sp³-hybridized carbons (Fsp3) is 0.350. The van der Waals surface area contributed by atoms with Crippen LogP contribution in [0.5, 0.6) is 0 Å². The minimum absolute atomic E-state index is 0.00705. The highest BCUT2D eigenvalue weighted by molar-refractivity contribution is 5.80. The van der Waals surface area contributed by atoms with E-state index >= 15 is 0 Å². The average Bonchev–Trinajstić information content (AvgIpc) is 2.70. The molecule has 0 spiro atoms. The number of amides is 1. The average molecular weight is 387 g/mol. The molecule has 0 fully saturated rings. The van der Waals surface area contributed by atoms with Crippen LogP contribution in [0.1, 0.15) is 31.1 Å². The zero-order valence-electron chi connectivity index (χ0n) is 16.1. The Morgan fingerprint density at radius 1 is 1.18 bits per heavy atom. The Bertz CT molecular complexity index is 780. The Morgan fingerprint density at radius 2 is 1.86 bits per heavy atom. The van der Waals surface area contributed by atoms with E-state index in [1.54, 1.807) is 36.4 Å². The number of carboxylic acids is 1. The van der Waals surface area contributed by atoms with Gasteiger partial charge in [0.2, 0.25) is 0 Å². The third kappa shape index (κ3) is 5.68. The molecule has 0 radical (unpaired) electrons. The van der Waals surface area contributed by atoms with Crippen molar-refractivity contribution in [3.8, 4) is 0 Å². The number of nitrogens with zero attached hydrogens (tertiary/aromatic N) is 2. The van der Waals surface area contributed by atoms with Crippen LogP contribution in [-0.4, -0.2) is 46.4 Å². The predicted molar refractivity (Wildman–Crippen MR) is 104 cm³/mol. The van der Waals surface area contributed by atoms with Gasteiger partial charge in [0.05, 0.1) is 0 Å². The summed E-state index contributed by atoms with van der Waals surface area (Å²) < 4.78 is 5.02. The first-order valence-corrected chi connectivity index (χ1v) is 8.86. The molecule has 1 amide bonds. The minimum atomic E-state index is -1.57. The molecule has 0 bridgehead atoms. The van der Waals surface area contributed by atoms with Crippen molar-refractivity contribution in [2.24, 2.45) is 0 Å². The maximum Gasteiger partial charge on any atom is 0.408 e. The van der Waals surface area contributed by atoms with Crippen LogP contribution in [0.2, 0.25) is 0 Å². The Kier molecular flexibility index (Phi) is 7.34. The minimum Gasteiger partial charge on any atom is -0.480 e. The number of benzene rings is 1. The fourth-order valence-corrected chi connectivity index (χ4v) is 2.41. The number of aromatic nitrogens is 1. The van der Waals surface area contributed by atoms with Crippen LogP contribution in [0.4, 0.5) is 10.6 Å². The van der Waals surface area contributed by atoms with E-state index in [2.05, 4.69) is 10.3 Å². The molecule has 0 unspecified atom stereocenters. The van der Waals surface area contributed by atoms with Gasteiger partial charge in [0.25, 0.3) is 0 Å². The number of aliphatic hydroxyl groups excluding tert-OH is 1. The Labute approximate surface area is 163 Å². The SMILES string of the molecule is CC(C)N(C)c1ccc([C@@H](O)[C@H](NC(=O)OCc2ccccc2)C(=O)O)cn1. The van der Waals surface area contributed by atoms with Crippen LogP contribution in [0.15, 0.2) is 48.7 Å². The van der Waals surface area contributed by atoms with E-state index in [4.69, 9.17) is 4.74 Å². The summed E-state index contributed by atoms with van der Waals surface area (Å²) >= 11 is 0. The normalized spacial score (nSPS) is 12.9. The first-order chi connectivity index (χ1) is 13.3. The first kappa shape index (κ1) is 21.2. The third-order valence-corrected chi connectivity index (χ3v) is 4.32. The molecule has 8 heteroatoms. The maximum absolute atomic E-state index is 12.0. The molecule has 2 rings (SSSR count). The van der Waals surface area contributed by atoms with Crippen LogP contribution >= 0.6 is 0 Å². The van der Waals surface area contributed by atoms with E-state index in [0.717, 1.165) is 5.56 Å². The molecule has 0 aliphatic rings. The number of rotatable bonds is 8. The molecule has 1 aromatic heterocycles. The topological polar surface area (TPSA) is 112 Å². The highest BCUT2D eigenvalue weighted by Crippen LogP contribution is 2.20. The van der Waals surface area contributed by atoms with E-state index in [9.17, 15) is 19.8 Å². The monoisotopic (exact) mass is 387 g/mol. The van der Waals surface area contributed by atoms with Gasteiger partial charge in [-0.3, -0.25) is 0 Å². The van der Waals surface area contributed by atoms with Gasteiger partial charge in [-0.2, -0.15) is 0 Å². The fourth-order valence-electron chi connectivity index (χ4n) is 2.41. The van der Waals surface area contributed by atoms with Gasteiger partial charge in [-0.15, -0.1) is 0 Å². The molecular weight excluding hydrogens is 362 g/mol.